The molecule has 0 radical (unpaired) electrons. The first kappa shape index (κ1) is 17.9. The van der Waals surface area contributed by atoms with Crippen molar-refractivity contribution in [3.8, 4) is 0 Å². The molecule has 4 heterocycles. The number of nitrogens with one attached hydrogen (secondary N) is 2. The minimum atomic E-state index is -4.60. The van der Waals surface area contributed by atoms with Crippen molar-refractivity contribution in [1.29, 1.82) is 0 Å². The summed E-state index contributed by atoms with van der Waals surface area (Å²) in [6, 6.07) is 1.79. The lowest BCUT2D eigenvalue weighted by atomic mass is 10.2. The number of sulfonamides is 1. The molecule has 1 fully saturated rings. The van der Waals surface area contributed by atoms with Gasteiger partial charge in [-0.3, -0.25) is 0 Å². The first-order valence-electron chi connectivity index (χ1n) is 8.11. The lowest BCUT2D eigenvalue weighted by molar-refractivity contribution is -0.121. The van der Waals surface area contributed by atoms with Crippen LogP contribution >= 0.6 is 0 Å². The highest BCUT2D eigenvalue weighted by Crippen LogP contribution is 2.32. The van der Waals surface area contributed by atoms with E-state index in [1.165, 1.54) is 6.33 Å². The summed E-state index contributed by atoms with van der Waals surface area (Å²) < 4.78 is 63.1. The maximum absolute atomic E-state index is 12.3. The zero-order valence-corrected chi connectivity index (χ0v) is 14.7. The summed E-state index contributed by atoms with van der Waals surface area (Å²) in [6.45, 7) is -1.16. The minimum Gasteiger partial charge on any atom is -0.355 e. The summed E-state index contributed by atoms with van der Waals surface area (Å²) in [5.41, 5.74) is 1.25. The highest BCUT2D eigenvalue weighted by molar-refractivity contribution is 7.90. The van der Waals surface area contributed by atoms with E-state index < -0.39 is 28.0 Å². The van der Waals surface area contributed by atoms with E-state index in [2.05, 4.69) is 19.9 Å². The molecule has 1 aliphatic rings. The maximum Gasteiger partial charge on any atom is 0.402 e. The van der Waals surface area contributed by atoms with Crippen LogP contribution in [0.3, 0.4) is 0 Å². The number of H-pyrrole nitrogens is 1. The number of aromatic nitrogens is 4. The predicted molar refractivity (Wildman–Crippen MR) is 92.8 cm³/mol. The number of fused-ring (bicyclic) bond motifs is 3. The van der Waals surface area contributed by atoms with Crippen molar-refractivity contribution in [1.82, 2.24) is 24.7 Å². The fourth-order valence-corrected chi connectivity index (χ4v) is 4.64. The van der Waals surface area contributed by atoms with E-state index in [9.17, 15) is 21.6 Å². The largest absolute Gasteiger partial charge is 0.402 e. The smallest absolute Gasteiger partial charge is 0.355 e. The van der Waals surface area contributed by atoms with E-state index in [1.54, 1.807) is 28.1 Å². The normalized spacial score (nSPS) is 18.6. The van der Waals surface area contributed by atoms with Gasteiger partial charge in [0.05, 0.1) is 28.7 Å². The van der Waals surface area contributed by atoms with Gasteiger partial charge in [-0.1, -0.05) is 0 Å². The van der Waals surface area contributed by atoms with Gasteiger partial charge in [-0.05, 0) is 12.5 Å². The zero-order valence-electron chi connectivity index (χ0n) is 13.9. The fraction of sp³-hybridized carbons (Fsp3) is 0.400. The molecule has 0 saturated carbocycles. The van der Waals surface area contributed by atoms with Crippen molar-refractivity contribution in [2.45, 2.75) is 17.8 Å². The summed E-state index contributed by atoms with van der Waals surface area (Å²) in [6.07, 6.45) is 0.326. The number of nitrogens with zero attached hydrogens (tertiary/aromatic N) is 4. The Hall–Kier alpha value is -2.47. The molecule has 1 unspecified atom stereocenters. The van der Waals surface area contributed by atoms with Gasteiger partial charge in [0.15, 0.2) is 5.65 Å². The Morgan fingerprint density at radius 2 is 2.11 bits per heavy atom. The van der Waals surface area contributed by atoms with Gasteiger partial charge < -0.3 is 9.88 Å². The molecule has 27 heavy (non-hydrogen) atoms. The summed E-state index contributed by atoms with van der Waals surface area (Å²) in [7, 11) is -4.09. The van der Waals surface area contributed by atoms with Gasteiger partial charge in [0.25, 0.3) is 0 Å². The van der Waals surface area contributed by atoms with E-state index in [0.717, 1.165) is 10.8 Å². The third-order valence-electron chi connectivity index (χ3n) is 4.52. The zero-order chi connectivity index (χ0) is 19.2. The van der Waals surface area contributed by atoms with E-state index in [0.29, 0.717) is 23.5 Å². The van der Waals surface area contributed by atoms with Crippen LogP contribution in [0.15, 0.2) is 24.8 Å². The Morgan fingerprint density at radius 3 is 2.89 bits per heavy atom. The molecule has 144 valence electrons. The first-order valence-corrected chi connectivity index (χ1v) is 9.66. The standard InChI is InChI=1S/C15H15F3N6O2S/c16-15(17,18)7-23-27(25,26)9-2-4-24(6-9)14-12-10-1-3-19-13(10)20-5-11(12)21-8-22-14/h1,3,5,8-9,23H,2,4,6-7H2,(H,21,22). The van der Waals surface area contributed by atoms with Crippen molar-refractivity contribution < 1.29 is 21.6 Å². The molecule has 0 bridgehead atoms. The van der Waals surface area contributed by atoms with Crippen molar-refractivity contribution >= 4 is 37.8 Å². The van der Waals surface area contributed by atoms with Crippen LogP contribution in [-0.2, 0) is 10.0 Å². The Balaban J connectivity index is 1.64. The molecule has 8 nitrogen and oxygen atoms in total. The highest BCUT2D eigenvalue weighted by Gasteiger charge is 2.37. The van der Waals surface area contributed by atoms with Crippen LogP contribution in [0, 0.1) is 0 Å². The predicted octanol–water partition coefficient (Wildman–Crippen LogP) is 1.57. The minimum absolute atomic E-state index is 0.0528. The molecule has 1 atom stereocenters. The Labute approximate surface area is 151 Å². The summed E-state index contributed by atoms with van der Waals surface area (Å²) >= 11 is 0. The second-order valence-electron chi connectivity index (χ2n) is 6.29. The number of hydrogen-bond acceptors (Lipinski definition) is 6. The average molecular weight is 400 g/mol. The van der Waals surface area contributed by atoms with Gasteiger partial charge in [-0.25, -0.2) is 28.1 Å². The first-order chi connectivity index (χ1) is 12.7. The van der Waals surface area contributed by atoms with E-state index >= 15 is 0 Å². The summed E-state index contributed by atoms with van der Waals surface area (Å²) in [5, 5.41) is 0.575. The third-order valence-corrected chi connectivity index (χ3v) is 6.33. The van der Waals surface area contributed by atoms with Crippen LogP contribution in [0.4, 0.5) is 19.0 Å². The summed E-state index contributed by atoms with van der Waals surface area (Å²) in [5.74, 6) is 0.553. The molecule has 0 aliphatic carbocycles. The molecule has 0 amide bonds. The second-order valence-corrected chi connectivity index (χ2v) is 8.34. The fourth-order valence-electron chi connectivity index (χ4n) is 3.25. The van der Waals surface area contributed by atoms with Crippen molar-refractivity contribution in [2.75, 3.05) is 24.5 Å². The lowest BCUT2D eigenvalue weighted by Crippen LogP contribution is -2.41. The lowest BCUT2D eigenvalue weighted by Gasteiger charge is -2.20. The second kappa shape index (κ2) is 6.30. The Morgan fingerprint density at radius 1 is 1.30 bits per heavy atom. The molecule has 4 rings (SSSR count). The Kier molecular flexibility index (Phi) is 4.18. The van der Waals surface area contributed by atoms with Crippen LogP contribution in [0.5, 0.6) is 0 Å². The van der Waals surface area contributed by atoms with Crippen molar-refractivity contribution in [3.63, 3.8) is 0 Å². The molecule has 3 aromatic heterocycles. The van der Waals surface area contributed by atoms with Gasteiger partial charge in [-0.2, -0.15) is 13.2 Å². The molecule has 0 aromatic carbocycles. The number of halogens is 3. The highest BCUT2D eigenvalue weighted by atomic mass is 32.2. The van der Waals surface area contributed by atoms with Crippen LogP contribution in [0.2, 0.25) is 0 Å². The van der Waals surface area contributed by atoms with Crippen molar-refractivity contribution in [2.24, 2.45) is 0 Å². The number of pyridine rings is 1. The number of hydrogen-bond donors (Lipinski definition) is 2. The molecule has 0 spiro atoms. The molecule has 3 aromatic rings. The van der Waals surface area contributed by atoms with Crippen LogP contribution < -0.4 is 9.62 Å². The van der Waals surface area contributed by atoms with Gasteiger partial charge in [-0.15, -0.1) is 0 Å². The van der Waals surface area contributed by atoms with E-state index in [-0.39, 0.29) is 13.0 Å². The number of rotatable bonds is 4. The van der Waals surface area contributed by atoms with E-state index in [4.69, 9.17) is 0 Å². The van der Waals surface area contributed by atoms with E-state index in [1.807, 2.05) is 0 Å². The van der Waals surface area contributed by atoms with Gasteiger partial charge in [0.2, 0.25) is 10.0 Å². The van der Waals surface area contributed by atoms with Gasteiger partial charge in [0, 0.05) is 24.7 Å². The molecular formula is C15H15F3N6O2S. The number of alkyl halides is 3. The molecule has 1 aliphatic heterocycles. The van der Waals surface area contributed by atoms with Gasteiger partial charge in [0.1, 0.15) is 12.4 Å². The molecule has 1 saturated heterocycles. The average Bonchev–Trinajstić information content (AvgIpc) is 3.28. The van der Waals surface area contributed by atoms with Crippen LogP contribution in [0.25, 0.3) is 21.9 Å². The van der Waals surface area contributed by atoms with Crippen LogP contribution in [-0.4, -0.2) is 59.4 Å². The van der Waals surface area contributed by atoms with Gasteiger partial charge >= 0.3 is 6.18 Å². The molecular weight excluding hydrogens is 385 g/mol. The third kappa shape index (κ3) is 3.41. The SMILES string of the molecule is O=S(=O)(NCC(F)(F)F)C1CCN(c2nc[nH]c3cnc4nccc4c23)C1. The Bertz CT molecular complexity index is 1100. The quantitative estimate of drug-likeness (QED) is 0.689. The van der Waals surface area contributed by atoms with Crippen LogP contribution in [0.1, 0.15) is 6.42 Å². The molecule has 12 heteroatoms. The van der Waals surface area contributed by atoms with Crippen molar-refractivity contribution in [3.05, 3.63) is 24.8 Å². The molecule has 2 N–H and O–H groups in total. The number of anilines is 1. The number of aromatic amines is 1. The monoisotopic (exact) mass is 400 g/mol. The maximum atomic E-state index is 12.3. The summed E-state index contributed by atoms with van der Waals surface area (Å²) in [4.78, 5) is 17.5. The topological polar surface area (TPSA) is 104 Å².